The van der Waals surface area contributed by atoms with Gasteiger partial charge in [0.1, 0.15) is 12.4 Å². The van der Waals surface area contributed by atoms with Crippen LogP contribution in [-0.4, -0.2) is 20.7 Å². The molecule has 6 heteroatoms. The van der Waals surface area contributed by atoms with Crippen LogP contribution in [0.5, 0.6) is 0 Å². The van der Waals surface area contributed by atoms with Crippen LogP contribution in [0.25, 0.3) is 0 Å². The molecule has 0 fully saturated rings. The lowest BCUT2D eigenvalue weighted by Gasteiger charge is -2.28. The highest BCUT2D eigenvalue weighted by atomic mass is 16.1. The van der Waals surface area contributed by atoms with Crippen molar-refractivity contribution >= 4 is 17.5 Å². The van der Waals surface area contributed by atoms with Crippen LogP contribution in [0.15, 0.2) is 66.1 Å². The average molecular weight is 359 g/mol. The molecule has 1 aliphatic rings. The summed E-state index contributed by atoms with van der Waals surface area (Å²) in [4.78, 5) is 17.5. The van der Waals surface area contributed by atoms with Crippen LogP contribution in [0.4, 0.5) is 11.6 Å². The molecule has 3 aromatic rings. The van der Waals surface area contributed by atoms with Crippen LogP contribution in [0.1, 0.15) is 29.7 Å². The summed E-state index contributed by atoms with van der Waals surface area (Å²) >= 11 is 0. The Morgan fingerprint density at radius 1 is 1.11 bits per heavy atom. The highest BCUT2D eigenvalue weighted by molar-refractivity contribution is 6.06. The number of allylic oxidation sites excluding steroid dienone is 1. The van der Waals surface area contributed by atoms with Crippen LogP contribution in [-0.2, 0) is 4.79 Å². The number of hydrogen-bond donors (Lipinski definition) is 2. The maximum Gasteiger partial charge on any atom is 0.255 e. The minimum atomic E-state index is -0.337. The fraction of sp³-hybridized carbons (Fsp3) is 0.190. The van der Waals surface area contributed by atoms with Gasteiger partial charge in [0, 0.05) is 11.4 Å². The van der Waals surface area contributed by atoms with E-state index in [1.165, 1.54) is 6.33 Å². The molecule has 2 N–H and O–H groups in total. The number of carbonyl (C=O) groups excluding carboxylic acids is 1. The summed E-state index contributed by atoms with van der Waals surface area (Å²) in [6.45, 7) is 5.92. The predicted octanol–water partition coefficient (Wildman–Crippen LogP) is 3.82. The number of nitrogens with zero attached hydrogens (tertiary/aromatic N) is 3. The van der Waals surface area contributed by atoms with E-state index in [9.17, 15) is 4.79 Å². The van der Waals surface area contributed by atoms with Crippen molar-refractivity contribution in [2.24, 2.45) is 0 Å². The van der Waals surface area contributed by atoms with Crippen LogP contribution in [0.2, 0.25) is 0 Å². The molecule has 0 radical (unpaired) electrons. The number of rotatable bonds is 3. The third-order valence-corrected chi connectivity index (χ3v) is 4.78. The summed E-state index contributed by atoms with van der Waals surface area (Å²) in [5, 5.41) is 10.6. The SMILES string of the molecule is CC1=C(C(=O)Nc2ccc(C)cc2C)[C@@H](c2ccccc2)n2ncnc2N1. The number of aryl methyl sites for hydroxylation is 2. The fourth-order valence-electron chi connectivity index (χ4n) is 3.47. The van der Waals surface area contributed by atoms with E-state index in [4.69, 9.17) is 0 Å². The van der Waals surface area contributed by atoms with E-state index in [0.29, 0.717) is 11.5 Å². The largest absolute Gasteiger partial charge is 0.328 e. The molecule has 0 unspecified atom stereocenters. The van der Waals surface area contributed by atoms with E-state index >= 15 is 0 Å². The monoisotopic (exact) mass is 359 g/mol. The molecular weight excluding hydrogens is 338 g/mol. The third-order valence-electron chi connectivity index (χ3n) is 4.78. The first kappa shape index (κ1) is 17.0. The Labute approximate surface area is 157 Å². The molecular formula is C21H21N5O. The van der Waals surface area contributed by atoms with Crippen molar-refractivity contribution in [1.82, 2.24) is 14.8 Å². The van der Waals surface area contributed by atoms with E-state index in [1.807, 2.05) is 63.2 Å². The van der Waals surface area contributed by atoms with Gasteiger partial charge in [-0.15, -0.1) is 0 Å². The van der Waals surface area contributed by atoms with Gasteiger partial charge < -0.3 is 10.6 Å². The summed E-state index contributed by atoms with van der Waals surface area (Å²) in [7, 11) is 0. The van der Waals surface area contributed by atoms with Gasteiger partial charge in [-0.05, 0) is 38.0 Å². The molecule has 0 aliphatic carbocycles. The molecule has 0 saturated heterocycles. The summed E-state index contributed by atoms with van der Waals surface area (Å²) in [6.07, 6.45) is 1.50. The van der Waals surface area contributed by atoms with Crippen LogP contribution < -0.4 is 10.6 Å². The number of carbonyl (C=O) groups is 1. The second-order valence-corrected chi connectivity index (χ2v) is 6.78. The molecule has 136 valence electrons. The normalized spacial score (nSPS) is 15.9. The van der Waals surface area contributed by atoms with E-state index in [2.05, 4.69) is 26.8 Å². The van der Waals surface area contributed by atoms with Crippen molar-refractivity contribution in [2.45, 2.75) is 26.8 Å². The molecule has 1 aliphatic heterocycles. The fourth-order valence-corrected chi connectivity index (χ4v) is 3.47. The predicted molar refractivity (Wildman–Crippen MR) is 105 cm³/mol. The first-order chi connectivity index (χ1) is 13.0. The topological polar surface area (TPSA) is 71.8 Å². The zero-order chi connectivity index (χ0) is 19.0. The molecule has 1 atom stereocenters. The number of nitrogens with one attached hydrogen (secondary N) is 2. The lowest BCUT2D eigenvalue weighted by atomic mass is 9.95. The zero-order valence-corrected chi connectivity index (χ0v) is 15.5. The van der Waals surface area contributed by atoms with Gasteiger partial charge in [0.25, 0.3) is 5.91 Å². The van der Waals surface area contributed by atoms with E-state index in [0.717, 1.165) is 28.1 Å². The summed E-state index contributed by atoms with van der Waals surface area (Å²) in [6, 6.07) is 15.5. The van der Waals surface area contributed by atoms with Crippen molar-refractivity contribution in [2.75, 3.05) is 10.6 Å². The number of amides is 1. The number of fused-ring (bicyclic) bond motifs is 1. The average Bonchev–Trinajstić information content (AvgIpc) is 3.11. The minimum Gasteiger partial charge on any atom is -0.328 e. The molecule has 2 heterocycles. The molecule has 27 heavy (non-hydrogen) atoms. The van der Waals surface area contributed by atoms with Gasteiger partial charge in [0.2, 0.25) is 5.95 Å². The number of hydrogen-bond acceptors (Lipinski definition) is 4. The molecule has 0 spiro atoms. The smallest absolute Gasteiger partial charge is 0.255 e. The summed E-state index contributed by atoms with van der Waals surface area (Å²) < 4.78 is 1.75. The maximum atomic E-state index is 13.3. The van der Waals surface area contributed by atoms with Gasteiger partial charge in [0.05, 0.1) is 5.57 Å². The number of anilines is 2. The van der Waals surface area contributed by atoms with Gasteiger partial charge in [-0.1, -0.05) is 48.0 Å². The second-order valence-electron chi connectivity index (χ2n) is 6.78. The van der Waals surface area contributed by atoms with Crippen LogP contribution >= 0.6 is 0 Å². The molecule has 1 aromatic heterocycles. The van der Waals surface area contributed by atoms with Crippen LogP contribution in [0.3, 0.4) is 0 Å². The van der Waals surface area contributed by atoms with Crippen LogP contribution in [0, 0.1) is 13.8 Å². The Hall–Kier alpha value is -3.41. The van der Waals surface area contributed by atoms with E-state index in [1.54, 1.807) is 4.68 Å². The Morgan fingerprint density at radius 2 is 1.89 bits per heavy atom. The quantitative estimate of drug-likeness (QED) is 0.746. The second kappa shape index (κ2) is 6.72. The highest BCUT2D eigenvalue weighted by Gasteiger charge is 2.33. The van der Waals surface area contributed by atoms with Gasteiger partial charge in [-0.25, -0.2) is 4.68 Å². The standard InChI is InChI=1S/C21H21N5O/c1-13-9-10-17(14(2)11-13)25-20(27)18-15(3)24-21-22-12-23-26(21)19(18)16-7-5-4-6-8-16/h4-12,19H,1-3H3,(H,25,27)(H,22,23,24)/t19-/m1/s1. The van der Waals surface area contributed by atoms with Gasteiger partial charge in [-0.2, -0.15) is 10.1 Å². The minimum absolute atomic E-state index is 0.151. The lowest BCUT2D eigenvalue weighted by Crippen LogP contribution is -2.31. The molecule has 0 bridgehead atoms. The zero-order valence-electron chi connectivity index (χ0n) is 15.5. The maximum absolute atomic E-state index is 13.3. The number of benzene rings is 2. The first-order valence-electron chi connectivity index (χ1n) is 8.85. The van der Waals surface area contributed by atoms with E-state index in [-0.39, 0.29) is 11.9 Å². The lowest BCUT2D eigenvalue weighted by molar-refractivity contribution is -0.113. The molecule has 1 amide bonds. The van der Waals surface area contributed by atoms with Crippen molar-refractivity contribution in [1.29, 1.82) is 0 Å². The van der Waals surface area contributed by atoms with E-state index < -0.39 is 0 Å². The first-order valence-corrected chi connectivity index (χ1v) is 8.85. The highest BCUT2D eigenvalue weighted by Crippen LogP contribution is 2.35. The molecule has 6 nitrogen and oxygen atoms in total. The summed E-state index contributed by atoms with van der Waals surface area (Å²) in [5.74, 6) is 0.478. The molecule has 0 saturated carbocycles. The molecule has 4 rings (SSSR count). The van der Waals surface area contributed by atoms with Crippen molar-refractivity contribution in [3.8, 4) is 0 Å². The summed E-state index contributed by atoms with van der Waals surface area (Å²) in [5.41, 5.74) is 5.38. The van der Waals surface area contributed by atoms with Gasteiger partial charge in [0.15, 0.2) is 0 Å². The van der Waals surface area contributed by atoms with Crippen molar-refractivity contribution in [3.05, 3.63) is 82.8 Å². The Balaban J connectivity index is 1.75. The number of aromatic nitrogens is 3. The Bertz CT molecular complexity index is 1040. The Kier molecular flexibility index (Phi) is 4.24. The third kappa shape index (κ3) is 3.10. The van der Waals surface area contributed by atoms with Gasteiger partial charge >= 0.3 is 0 Å². The van der Waals surface area contributed by atoms with Gasteiger partial charge in [-0.3, -0.25) is 4.79 Å². The van der Waals surface area contributed by atoms with Crippen molar-refractivity contribution in [3.63, 3.8) is 0 Å². The molecule has 2 aromatic carbocycles. The Morgan fingerprint density at radius 3 is 2.63 bits per heavy atom. The van der Waals surface area contributed by atoms with Crippen molar-refractivity contribution < 1.29 is 4.79 Å².